The lowest BCUT2D eigenvalue weighted by atomic mass is 10.1. The fraction of sp³-hybridized carbons (Fsp3) is 0.250. The van der Waals surface area contributed by atoms with Gasteiger partial charge in [-0.05, 0) is 30.7 Å². The molecule has 0 aliphatic heterocycles. The molecule has 0 saturated heterocycles. The number of hydrogen-bond acceptors (Lipinski definition) is 7. The number of carbonyl (C=O) groups is 1. The lowest BCUT2D eigenvalue weighted by Crippen LogP contribution is -2.27. The highest BCUT2D eigenvalue weighted by molar-refractivity contribution is 7.89. The molecule has 2 rings (SSSR count). The SMILES string of the molecule is C#CCNS(=O)(=O)c1cccc(C(=O)NCCc2cc(OC)c(OC)cc2[N+](=O)[O-])c1. The Labute approximate surface area is 179 Å². The van der Waals surface area contributed by atoms with Gasteiger partial charge in [-0.1, -0.05) is 12.0 Å². The number of nitro groups is 1. The Kier molecular flexibility index (Phi) is 7.95. The molecule has 0 aromatic heterocycles. The van der Waals surface area contributed by atoms with Crippen LogP contribution in [0.1, 0.15) is 15.9 Å². The van der Waals surface area contributed by atoms with Gasteiger partial charge in [-0.2, -0.15) is 4.72 Å². The average Bonchev–Trinajstić information content (AvgIpc) is 2.77. The first-order chi connectivity index (χ1) is 14.7. The Morgan fingerprint density at radius 1 is 1.19 bits per heavy atom. The predicted octanol–water partition coefficient (Wildman–Crippen LogP) is 1.50. The van der Waals surface area contributed by atoms with Crippen LogP contribution in [0.25, 0.3) is 0 Å². The van der Waals surface area contributed by atoms with E-state index in [1.54, 1.807) is 0 Å². The molecule has 2 N–H and O–H groups in total. The van der Waals surface area contributed by atoms with Gasteiger partial charge in [0.2, 0.25) is 10.0 Å². The minimum Gasteiger partial charge on any atom is -0.493 e. The first-order valence-corrected chi connectivity index (χ1v) is 10.4. The number of terminal acetylenes is 1. The van der Waals surface area contributed by atoms with Gasteiger partial charge in [-0.3, -0.25) is 14.9 Å². The maximum atomic E-state index is 12.4. The number of sulfonamides is 1. The van der Waals surface area contributed by atoms with Crippen molar-refractivity contribution >= 4 is 21.6 Å². The van der Waals surface area contributed by atoms with E-state index in [-0.39, 0.29) is 41.4 Å². The molecular weight excluding hydrogens is 426 g/mol. The molecule has 0 spiro atoms. The predicted molar refractivity (Wildman–Crippen MR) is 113 cm³/mol. The van der Waals surface area contributed by atoms with E-state index in [1.807, 2.05) is 0 Å². The second-order valence-electron chi connectivity index (χ2n) is 6.16. The fourth-order valence-electron chi connectivity index (χ4n) is 2.72. The number of rotatable bonds is 10. The third kappa shape index (κ3) is 5.94. The van der Waals surface area contributed by atoms with Crippen molar-refractivity contribution < 1.29 is 27.6 Å². The quantitative estimate of drug-likeness (QED) is 0.320. The number of nitro benzene ring substituents is 1. The molecule has 0 aliphatic rings. The van der Waals surface area contributed by atoms with Gasteiger partial charge in [-0.25, -0.2) is 8.42 Å². The summed E-state index contributed by atoms with van der Waals surface area (Å²) in [5, 5.41) is 14.0. The molecule has 2 aromatic carbocycles. The first kappa shape index (κ1) is 23.7. The maximum absolute atomic E-state index is 12.4. The Balaban J connectivity index is 2.13. The summed E-state index contributed by atoms with van der Waals surface area (Å²) in [5.41, 5.74) is 0.294. The molecular formula is C20H21N3O7S. The zero-order chi connectivity index (χ0) is 23.0. The van der Waals surface area contributed by atoms with Crippen molar-refractivity contribution in [1.29, 1.82) is 0 Å². The van der Waals surface area contributed by atoms with Crippen LogP contribution >= 0.6 is 0 Å². The van der Waals surface area contributed by atoms with Gasteiger partial charge in [0, 0.05) is 17.7 Å². The molecule has 1 amide bonds. The lowest BCUT2D eigenvalue weighted by Gasteiger charge is -2.11. The molecule has 10 nitrogen and oxygen atoms in total. The van der Waals surface area contributed by atoms with Crippen LogP contribution in [-0.4, -0.2) is 46.6 Å². The van der Waals surface area contributed by atoms with Crippen molar-refractivity contribution in [3.63, 3.8) is 0 Å². The molecule has 0 radical (unpaired) electrons. The third-order valence-corrected chi connectivity index (χ3v) is 5.63. The number of nitrogens with zero attached hydrogens (tertiary/aromatic N) is 1. The molecule has 2 aromatic rings. The highest BCUT2D eigenvalue weighted by Gasteiger charge is 2.20. The summed E-state index contributed by atoms with van der Waals surface area (Å²) in [5.74, 6) is 2.18. The largest absolute Gasteiger partial charge is 0.493 e. The number of ether oxygens (including phenoxy) is 2. The smallest absolute Gasteiger partial charge is 0.276 e. The zero-order valence-electron chi connectivity index (χ0n) is 16.9. The van der Waals surface area contributed by atoms with Crippen LogP contribution in [-0.2, 0) is 16.4 Å². The Morgan fingerprint density at radius 3 is 2.48 bits per heavy atom. The van der Waals surface area contributed by atoms with E-state index >= 15 is 0 Å². The molecule has 31 heavy (non-hydrogen) atoms. The number of hydrogen-bond donors (Lipinski definition) is 2. The van der Waals surface area contributed by atoms with Crippen molar-refractivity contribution in [3.8, 4) is 23.8 Å². The summed E-state index contributed by atoms with van der Waals surface area (Å²) >= 11 is 0. The van der Waals surface area contributed by atoms with Crippen LogP contribution < -0.4 is 19.5 Å². The number of nitrogens with one attached hydrogen (secondary N) is 2. The van der Waals surface area contributed by atoms with Crippen molar-refractivity contribution in [2.45, 2.75) is 11.3 Å². The highest BCUT2D eigenvalue weighted by atomic mass is 32.2. The lowest BCUT2D eigenvalue weighted by molar-refractivity contribution is -0.385. The van der Waals surface area contributed by atoms with E-state index in [4.69, 9.17) is 15.9 Å². The summed E-state index contributed by atoms with van der Waals surface area (Å²) in [6.07, 6.45) is 5.20. The average molecular weight is 447 g/mol. The molecule has 0 unspecified atom stereocenters. The first-order valence-electron chi connectivity index (χ1n) is 8.94. The summed E-state index contributed by atoms with van der Waals surface area (Å²) in [7, 11) is -1.06. The van der Waals surface area contributed by atoms with Gasteiger partial charge in [0.05, 0.1) is 36.6 Å². The van der Waals surface area contributed by atoms with Crippen molar-refractivity contribution in [2.24, 2.45) is 0 Å². The van der Waals surface area contributed by atoms with Gasteiger partial charge in [-0.15, -0.1) is 6.42 Å². The van der Waals surface area contributed by atoms with Crippen molar-refractivity contribution in [2.75, 3.05) is 27.3 Å². The van der Waals surface area contributed by atoms with Crippen LogP contribution in [0.3, 0.4) is 0 Å². The van der Waals surface area contributed by atoms with E-state index < -0.39 is 20.9 Å². The molecule has 0 aliphatic carbocycles. The highest BCUT2D eigenvalue weighted by Crippen LogP contribution is 2.34. The van der Waals surface area contributed by atoms with Crippen LogP contribution in [0, 0.1) is 22.5 Å². The maximum Gasteiger partial charge on any atom is 0.276 e. The van der Waals surface area contributed by atoms with Gasteiger partial charge in [0.1, 0.15) is 0 Å². The second-order valence-corrected chi connectivity index (χ2v) is 7.92. The topological polar surface area (TPSA) is 137 Å². The molecule has 0 bridgehead atoms. The van der Waals surface area contributed by atoms with E-state index in [0.717, 1.165) is 0 Å². The Bertz CT molecular complexity index is 1120. The van der Waals surface area contributed by atoms with E-state index in [2.05, 4.69) is 16.0 Å². The molecule has 0 fully saturated rings. The van der Waals surface area contributed by atoms with E-state index in [0.29, 0.717) is 11.3 Å². The van der Waals surface area contributed by atoms with Crippen LogP contribution in [0.5, 0.6) is 11.5 Å². The number of carbonyl (C=O) groups excluding carboxylic acids is 1. The van der Waals surface area contributed by atoms with Crippen molar-refractivity contribution in [1.82, 2.24) is 10.0 Å². The second kappa shape index (κ2) is 10.4. The summed E-state index contributed by atoms with van der Waals surface area (Å²) < 4.78 is 36.8. The summed E-state index contributed by atoms with van der Waals surface area (Å²) in [6, 6.07) is 8.17. The van der Waals surface area contributed by atoms with E-state index in [9.17, 15) is 23.3 Å². The third-order valence-electron chi connectivity index (χ3n) is 4.23. The number of amides is 1. The fourth-order valence-corrected chi connectivity index (χ4v) is 3.70. The van der Waals surface area contributed by atoms with Gasteiger partial charge < -0.3 is 14.8 Å². The van der Waals surface area contributed by atoms with Crippen molar-refractivity contribution in [3.05, 3.63) is 57.6 Å². The zero-order valence-corrected chi connectivity index (χ0v) is 17.7. The molecule has 11 heteroatoms. The summed E-state index contributed by atoms with van der Waals surface area (Å²) in [6.45, 7) is -0.107. The van der Waals surface area contributed by atoms with Gasteiger partial charge >= 0.3 is 0 Å². The molecule has 0 atom stereocenters. The molecule has 164 valence electrons. The normalized spacial score (nSPS) is 10.7. The standard InChI is InChI=1S/C20H21N3O7S/c1-4-9-22-31(27,28)16-7-5-6-15(11-16)20(24)21-10-8-14-12-18(29-2)19(30-3)13-17(14)23(25)26/h1,5-7,11-13,22H,8-10H2,2-3H3,(H,21,24). The summed E-state index contributed by atoms with van der Waals surface area (Å²) in [4.78, 5) is 23.1. The van der Waals surface area contributed by atoms with Crippen LogP contribution in [0.4, 0.5) is 5.69 Å². The molecule has 0 heterocycles. The minimum atomic E-state index is -3.84. The Hall–Kier alpha value is -3.62. The van der Waals surface area contributed by atoms with Crippen LogP contribution in [0.15, 0.2) is 41.3 Å². The minimum absolute atomic E-state index is 0.0709. The monoisotopic (exact) mass is 447 g/mol. The van der Waals surface area contributed by atoms with Gasteiger partial charge in [0.25, 0.3) is 11.6 Å². The van der Waals surface area contributed by atoms with Crippen LogP contribution in [0.2, 0.25) is 0 Å². The van der Waals surface area contributed by atoms with Gasteiger partial charge in [0.15, 0.2) is 11.5 Å². The molecule has 0 saturated carbocycles. The van der Waals surface area contributed by atoms with E-state index in [1.165, 1.54) is 50.6 Å². The number of benzene rings is 2. The number of methoxy groups -OCH3 is 2. The Morgan fingerprint density at radius 2 is 1.87 bits per heavy atom.